The SMILES string of the molecule is CC1=N/C(=C\c2ccc([N+](=O)[O-])cc2)C(=O)N1C. The maximum atomic E-state index is 11.7. The lowest BCUT2D eigenvalue weighted by atomic mass is 10.2. The van der Waals surface area contributed by atoms with Crippen LogP contribution in [0.1, 0.15) is 12.5 Å². The van der Waals surface area contributed by atoms with Crippen molar-refractivity contribution in [2.75, 3.05) is 7.05 Å². The van der Waals surface area contributed by atoms with Crippen LogP contribution in [0.3, 0.4) is 0 Å². The molecule has 0 unspecified atom stereocenters. The maximum absolute atomic E-state index is 11.7. The van der Waals surface area contributed by atoms with Crippen LogP contribution in [0.25, 0.3) is 6.08 Å². The topological polar surface area (TPSA) is 75.8 Å². The summed E-state index contributed by atoms with van der Waals surface area (Å²) >= 11 is 0. The van der Waals surface area contributed by atoms with Crippen molar-refractivity contribution in [3.63, 3.8) is 0 Å². The zero-order valence-corrected chi connectivity index (χ0v) is 9.95. The number of nitrogens with zero attached hydrogens (tertiary/aromatic N) is 3. The van der Waals surface area contributed by atoms with Crippen molar-refractivity contribution < 1.29 is 9.72 Å². The number of nitro benzene ring substituents is 1. The molecule has 0 radical (unpaired) electrons. The summed E-state index contributed by atoms with van der Waals surface area (Å²) < 4.78 is 0. The molecule has 1 aliphatic rings. The van der Waals surface area contributed by atoms with Crippen LogP contribution in [0.15, 0.2) is 35.0 Å². The number of benzene rings is 1. The highest BCUT2D eigenvalue weighted by Gasteiger charge is 2.23. The summed E-state index contributed by atoms with van der Waals surface area (Å²) in [5.74, 6) is 0.457. The van der Waals surface area contributed by atoms with Crippen molar-refractivity contribution in [3.05, 3.63) is 45.6 Å². The average molecular weight is 245 g/mol. The van der Waals surface area contributed by atoms with Crippen LogP contribution < -0.4 is 0 Å². The van der Waals surface area contributed by atoms with Gasteiger partial charge in [-0.25, -0.2) is 4.99 Å². The fraction of sp³-hybridized carbons (Fsp3) is 0.167. The first-order chi connectivity index (χ1) is 8.49. The van der Waals surface area contributed by atoms with Crippen molar-refractivity contribution in [1.29, 1.82) is 0 Å². The molecule has 1 heterocycles. The van der Waals surface area contributed by atoms with E-state index in [1.165, 1.54) is 17.0 Å². The minimum absolute atomic E-state index is 0.0201. The maximum Gasteiger partial charge on any atom is 0.277 e. The predicted molar refractivity (Wildman–Crippen MR) is 67.0 cm³/mol. The smallest absolute Gasteiger partial charge is 0.277 e. The molecule has 0 saturated heterocycles. The number of amidine groups is 1. The Morgan fingerprint density at radius 2 is 1.94 bits per heavy atom. The second kappa shape index (κ2) is 4.40. The molecule has 1 aliphatic heterocycles. The lowest BCUT2D eigenvalue weighted by molar-refractivity contribution is -0.384. The molecular weight excluding hydrogens is 234 g/mol. The predicted octanol–water partition coefficient (Wildman–Crippen LogP) is 1.83. The molecule has 2 rings (SSSR count). The van der Waals surface area contributed by atoms with Crippen LogP contribution in [-0.4, -0.2) is 28.6 Å². The number of hydrogen-bond donors (Lipinski definition) is 0. The monoisotopic (exact) mass is 245 g/mol. The van der Waals surface area contributed by atoms with Gasteiger partial charge in [-0.05, 0) is 30.7 Å². The first-order valence-corrected chi connectivity index (χ1v) is 5.28. The van der Waals surface area contributed by atoms with Gasteiger partial charge in [0, 0.05) is 19.2 Å². The van der Waals surface area contributed by atoms with Gasteiger partial charge in [0.05, 0.1) is 4.92 Å². The normalized spacial score (nSPS) is 17.2. The van der Waals surface area contributed by atoms with E-state index in [0.29, 0.717) is 17.1 Å². The molecule has 1 amide bonds. The molecule has 6 heteroatoms. The molecule has 0 atom stereocenters. The van der Waals surface area contributed by atoms with Crippen LogP contribution in [0.5, 0.6) is 0 Å². The van der Waals surface area contributed by atoms with E-state index in [4.69, 9.17) is 0 Å². The third-order valence-electron chi connectivity index (χ3n) is 2.70. The van der Waals surface area contributed by atoms with Crippen LogP contribution in [0.4, 0.5) is 5.69 Å². The highest BCUT2D eigenvalue weighted by Crippen LogP contribution is 2.18. The first kappa shape index (κ1) is 12.0. The number of rotatable bonds is 2. The van der Waals surface area contributed by atoms with Crippen LogP contribution in [0.2, 0.25) is 0 Å². The van der Waals surface area contributed by atoms with Gasteiger partial charge in [0.25, 0.3) is 11.6 Å². The number of aliphatic imine (C=N–C) groups is 1. The van der Waals surface area contributed by atoms with E-state index < -0.39 is 4.92 Å². The van der Waals surface area contributed by atoms with Crippen molar-refractivity contribution in [2.24, 2.45) is 4.99 Å². The third kappa shape index (κ3) is 2.13. The fourth-order valence-electron chi connectivity index (χ4n) is 1.56. The van der Waals surface area contributed by atoms with Crippen LogP contribution in [0, 0.1) is 10.1 Å². The molecule has 0 spiro atoms. The highest BCUT2D eigenvalue weighted by molar-refractivity contribution is 6.13. The molecular formula is C12H11N3O3. The number of carbonyl (C=O) groups is 1. The van der Waals surface area contributed by atoms with Gasteiger partial charge in [0.1, 0.15) is 11.5 Å². The van der Waals surface area contributed by atoms with Crippen molar-refractivity contribution in [3.8, 4) is 0 Å². The minimum atomic E-state index is -0.465. The number of likely N-dealkylation sites (N-methyl/N-ethyl adjacent to an activating group) is 1. The van der Waals surface area contributed by atoms with Gasteiger partial charge in [-0.3, -0.25) is 19.8 Å². The van der Waals surface area contributed by atoms with E-state index in [-0.39, 0.29) is 11.6 Å². The largest absolute Gasteiger partial charge is 0.298 e. The summed E-state index contributed by atoms with van der Waals surface area (Å²) in [7, 11) is 1.65. The third-order valence-corrected chi connectivity index (χ3v) is 2.70. The van der Waals surface area contributed by atoms with Crippen molar-refractivity contribution >= 4 is 23.5 Å². The molecule has 18 heavy (non-hydrogen) atoms. The van der Waals surface area contributed by atoms with Gasteiger partial charge in [0.2, 0.25) is 0 Å². The van der Waals surface area contributed by atoms with Gasteiger partial charge in [0.15, 0.2) is 0 Å². The standard InChI is InChI=1S/C12H11N3O3/c1-8-13-11(12(16)14(8)2)7-9-3-5-10(6-4-9)15(17)18/h3-7H,1-2H3/b11-7-. The van der Waals surface area contributed by atoms with E-state index in [0.717, 1.165) is 0 Å². The van der Waals surface area contributed by atoms with Crippen LogP contribution >= 0.6 is 0 Å². The van der Waals surface area contributed by atoms with Gasteiger partial charge >= 0.3 is 0 Å². The van der Waals surface area contributed by atoms with E-state index in [2.05, 4.69) is 4.99 Å². The molecule has 0 aliphatic carbocycles. The zero-order chi connectivity index (χ0) is 13.3. The Morgan fingerprint density at radius 3 is 2.39 bits per heavy atom. The zero-order valence-electron chi connectivity index (χ0n) is 9.95. The second-order valence-corrected chi connectivity index (χ2v) is 3.90. The molecule has 0 saturated carbocycles. The molecule has 0 bridgehead atoms. The molecule has 6 nitrogen and oxygen atoms in total. The Balaban J connectivity index is 2.29. The molecule has 0 N–H and O–H groups in total. The first-order valence-electron chi connectivity index (χ1n) is 5.28. The van der Waals surface area contributed by atoms with E-state index in [1.807, 2.05) is 0 Å². The summed E-state index contributed by atoms with van der Waals surface area (Å²) in [5, 5.41) is 10.5. The fourth-order valence-corrected chi connectivity index (χ4v) is 1.56. The Bertz CT molecular complexity index is 573. The summed E-state index contributed by atoms with van der Waals surface area (Å²) in [6, 6.07) is 5.96. The number of non-ortho nitro benzene ring substituents is 1. The second-order valence-electron chi connectivity index (χ2n) is 3.90. The molecule has 0 aromatic heterocycles. The number of hydrogen-bond acceptors (Lipinski definition) is 4. The highest BCUT2D eigenvalue weighted by atomic mass is 16.6. The average Bonchev–Trinajstić information content (AvgIpc) is 2.58. The van der Waals surface area contributed by atoms with Gasteiger partial charge in [-0.15, -0.1) is 0 Å². The van der Waals surface area contributed by atoms with Gasteiger partial charge in [-0.2, -0.15) is 0 Å². The molecule has 1 aromatic carbocycles. The number of amides is 1. The lowest BCUT2D eigenvalue weighted by Gasteiger charge is -2.05. The lowest BCUT2D eigenvalue weighted by Crippen LogP contribution is -2.25. The van der Waals surface area contributed by atoms with E-state index >= 15 is 0 Å². The summed E-state index contributed by atoms with van der Waals surface area (Å²) in [6.45, 7) is 1.74. The van der Waals surface area contributed by atoms with Gasteiger partial charge in [-0.1, -0.05) is 0 Å². The number of carbonyl (C=O) groups excluding carboxylic acids is 1. The summed E-state index contributed by atoms with van der Waals surface area (Å²) in [5.41, 5.74) is 1.06. The van der Waals surface area contributed by atoms with Crippen molar-refractivity contribution in [1.82, 2.24) is 4.90 Å². The Hall–Kier alpha value is -2.50. The van der Waals surface area contributed by atoms with Crippen LogP contribution in [-0.2, 0) is 4.79 Å². The van der Waals surface area contributed by atoms with E-state index in [9.17, 15) is 14.9 Å². The Kier molecular flexibility index (Phi) is 2.93. The minimum Gasteiger partial charge on any atom is -0.298 e. The van der Waals surface area contributed by atoms with Gasteiger partial charge < -0.3 is 0 Å². The molecule has 0 fully saturated rings. The number of nitro groups is 1. The molecule has 1 aromatic rings. The quantitative estimate of drug-likeness (QED) is 0.453. The summed E-state index contributed by atoms with van der Waals surface area (Å²) in [4.78, 5) is 27.3. The Morgan fingerprint density at radius 1 is 1.33 bits per heavy atom. The van der Waals surface area contributed by atoms with Crippen molar-refractivity contribution in [2.45, 2.75) is 6.92 Å². The Labute approximate surface area is 103 Å². The van der Waals surface area contributed by atoms with E-state index in [1.54, 1.807) is 32.2 Å². The summed E-state index contributed by atoms with van der Waals surface area (Å²) in [6.07, 6.45) is 1.61. The molecule has 92 valence electrons.